The molecule has 1 saturated carbocycles. The fourth-order valence-corrected chi connectivity index (χ4v) is 9.67. The number of rotatable bonds is 15. The van der Waals surface area contributed by atoms with Gasteiger partial charge in [-0.2, -0.15) is 0 Å². The van der Waals surface area contributed by atoms with Gasteiger partial charge < -0.3 is 28.6 Å². The minimum atomic E-state index is -3.90. The van der Waals surface area contributed by atoms with E-state index in [9.17, 15) is 23.7 Å². The van der Waals surface area contributed by atoms with Crippen LogP contribution in [0.1, 0.15) is 105 Å². The van der Waals surface area contributed by atoms with Crippen molar-refractivity contribution in [2.24, 2.45) is 10.8 Å². The molecule has 1 unspecified atom stereocenters. The van der Waals surface area contributed by atoms with E-state index in [0.717, 1.165) is 35.2 Å². The molecule has 322 valence electrons. The zero-order valence-electron chi connectivity index (χ0n) is 36.0. The molecule has 2 N–H and O–H groups in total. The Labute approximate surface area is 352 Å². The number of ether oxygens (including phenoxy) is 4. The number of esters is 1. The first-order chi connectivity index (χ1) is 28.2. The van der Waals surface area contributed by atoms with Gasteiger partial charge in [0.15, 0.2) is 12.1 Å². The number of carboxylic acids is 1. The van der Waals surface area contributed by atoms with Crippen molar-refractivity contribution in [3.63, 3.8) is 0 Å². The number of benzene rings is 3. The van der Waals surface area contributed by atoms with Gasteiger partial charge in [-0.05, 0) is 81.6 Å². The fourth-order valence-electron chi connectivity index (χ4n) is 8.02. The lowest BCUT2D eigenvalue weighted by Crippen LogP contribution is -2.63. The maximum atomic E-state index is 14.5. The molecule has 2 heterocycles. The van der Waals surface area contributed by atoms with Crippen LogP contribution in [0.25, 0.3) is 28.1 Å². The number of carboxylic acid groups (broad SMARTS) is 1. The van der Waals surface area contributed by atoms with E-state index in [1.807, 2.05) is 71.9 Å². The van der Waals surface area contributed by atoms with E-state index in [1.54, 1.807) is 63.2 Å². The lowest BCUT2D eigenvalue weighted by Gasteiger charge is -2.57. The molecule has 0 bridgehead atoms. The molecule has 2 aliphatic rings. The molecule has 2 fully saturated rings. The molecule has 6 rings (SSSR count). The number of fused-ring (bicyclic) bond motifs is 1. The van der Waals surface area contributed by atoms with Gasteiger partial charge >= 0.3 is 19.5 Å². The third-order valence-electron chi connectivity index (χ3n) is 10.6. The third kappa shape index (κ3) is 10.5. The van der Waals surface area contributed by atoms with E-state index in [2.05, 4.69) is 5.09 Å². The molecule has 0 radical (unpaired) electrons. The average molecular weight is 845 g/mol. The number of carbonyl (C=O) groups excluding carboxylic acids is 1. The van der Waals surface area contributed by atoms with Crippen molar-refractivity contribution in [1.82, 2.24) is 10.1 Å². The first-order valence-electron chi connectivity index (χ1n) is 20.6. The molecular formula is C47H58FN2O9P. The fraction of sp³-hybridized carbons (Fsp3) is 0.468. The second kappa shape index (κ2) is 17.8. The number of nitrogens with zero attached hydrogens (tertiary/aromatic N) is 1. The van der Waals surface area contributed by atoms with Gasteiger partial charge in [-0.15, -0.1) is 0 Å². The Bertz CT molecular complexity index is 2230. The van der Waals surface area contributed by atoms with Crippen LogP contribution in [-0.4, -0.2) is 58.5 Å². The minimum absolute atomic E-state index is 0.171. The summed E-state index contributed by atoms with van der Waals surface area (Å²) in [7, 11) is -3.90. The van der Waals surface area contributed by atoms with E-state index in [1.165, 1.54) is 12.1 Å². The van der Waals surface area contributed by atoms with Crippen LogP contribution in [0, 0.1) is 16.6 Å². The maximum Gasteiger partial charge on any atom is 0.354 e. The second-order valence-corrected chi connectivity index (χ2v) is 20.2. The van der Waals surface area contributed by atoms with Crippen molar-refractivity contribution in [3.05, 3.63) is 95.9 Å². The van der Waals surface area contributed by atoms with Crippen LogP contribution in [-0.2, 0) is 28.4 Å². The zero-order valence-corrected chi connectivity index (χ0v) is 36.9. The molecule has 60 heavy (non-hydrogen) atoms. The van der Waals surface area contributed by atoms with Gasteiger partial charge in [0, 0.05) is 39.7 Å². The van der Waals surface area contributed by atoms with Crippen molar-refractivity contribution in [2.75, 3.05) is 6.35 Å². The summed E-state index contributed by atoms with van der Waals surface area (Å²) in [6.07, 6.45) is 4.14. The Morgan fingerprint density at radius 3 is 2.23 bits per heavy atom. The molecule has 1 saturated heterocycles. The summed E-state index contributed by atoms with van der Waals surface area (Å²) in [5.41, 5.74) is 2.91. The van der Waals surface area contributed by atoms with Crippen LogP contribution in [0.4, 0.5) is 4.39 Å². The lowest BCUT2D eigenvalue weighted by molar-refractivity contribution is -0.389. The van der Waals surface area contributed by atoms with E-state index >= 15 is 0 Å². The predicted octanol–water partition coefficient (Wildman–Crippen LogP) is 10.9. The molecule has 3 aromatic carbocycles. The average Bonchev–Trinajstić information content (AvgIpc) is 4.01. The van der Waals surface area contributed by atoms with Gasteiger partial charge in [-0.25, -0.2) is 9.48 Å². The number of halogens is 1. The van der Waals surface area contributed by atoms with Crippen molar-refractivity contribution < 1.29 is 47.1 Å². The zero-order chi connectivity index (χ0) is 43.6. The summed E-state index contributed by atoms with van der Waals surface area (Å²) >= 11 is 0. The van der Waals surface area contributed by atoms with Gasteiger partial charge in [-0.1, -0.05) is 84.0 Å². The van der Waals surface area contributed by atoms with E-state index in [0.29, 0.717) is 28.8 Å². The number of para-hydroxylation sites is 1. The van der Waals surface area contributed by atoms with E-state index in [-0.39, 0.29) is 24.3 Å². The van der Waals surface area contributed by atoms with Crippen molar-refractivity contribution in [3.8, 4) is 22.6 Å². The van der Waals surface area contributed by atoms with Crippen LogP contribution in [0.2, 0.25) is 0 Å². The van der Waals surface area contributed by atoms with E-state index in [4.69, 9.17) is 28.5 Å². The van der Waals surface area contributed by atoms with Gasteiger partial charge in [0.2, 0.25) is 0 Å². The quantitative estimate of drug-likeness (QED) is 0.0872. The highest BCUT2D eigenvalue weighted by molar-refractivity contribution is 7.57. The standard InChI is InChI=1S/C47H58FN2O9P/c1-29(2)56-44(53)30(3)50-60(54,59-34-13-11-10-12-14-34)28-55-35-22-24-40-39(26-35)42(31-17-19-33(48)20-18-31)38(43(49-40)32-15-16-32)23-21-36-25-37(27-41(51)52)58-47(57-36,45(4,5)6)46(7,8)9/h10-14,17-24,26,29-30,32,36-37H,15-16,25,27-28H2,1-9H3,(H,50,54)(H,51,52)/b23-21+/t30-,36+,37+,60?/m0/s1. The summed E-state index contributed by atoms with van der Waals surface area (Å²) in [5.74, 6) is -2.13. The molecule has 11 nitrogen and oxygen atoms in total. The van der Waals surface area contributed by atoms with Crippen LogP contribution in [0.3, 0.4) is 0 Å². The van der Waals surface area contributed by atoms with Gasteiger partial charge in [0.25, 0.3) is 0 Å². The number of pyridine rings is 1. The van der Waals surface area contributed by atoms with Crippen LogP contribution >= 0.6 is 7.52 Å². The first kappa shape index (κ1) is 44.9. The minimum Gasteiger partial charge on any atom is -0.481 e. The summed E-state index contributed by atoms with van der Waals surface area (Å²) in [6.45, 7) is 17.3. The first-order valence-corrected chi connectivity index (χ1v) is 22.4. The second-order valence-electron chi connectivity index (χ2n) is 18.1. The van der Waals surface area contributed by atoms with Crippen LogP contribution < -0.4 is 14.3 Å². The maximum absolute atomic E-state index is 14.5. The van der Waals surface area contributed by atoms with Crippen LogP contribution in [0.15, 0.2) is 78.9 Å². The molecule has 4 aromatic rings. The molecule has 1 aliphatic carbocycles. The Hall–Kier alpha value is -4.61. The Morgan fingerprint density at radius 2 is 1.63 bits per heavy atom. The molecule has 4 atom stereocenters. The van der Waals surface area contributed by atoms with Gasteiger partial charge in [0.05, 0.1) is 35.9 Å². The Balaban J connectivity index is 1.42. The normalized spacial score (nSPS) is 19.9. The van der Waals surface area contributed by atoms with E-state index < -0.39 is 60.7 Å². The van der Waals surface area contributed by atoms with Crippen molar-refractivity contribution in [2.45, 2.75) is 124 Å². The number of hydrogen-bond acceptors (Lipinski definition) is 9. The molecule has 0 spiro atoms. The Kier molecular flexibility index (Phi) is 13.3. The number of hydrogen-bond donors (Lipinski definition) is 2. The lowest BCUT2D eigenvalue weighted by atomic mass is 9.69. The molecular weight excluding hydrogens is 786 g/mol. The van der Waals surface area contributed by atoms with Crippen molar-refractivity contribution >= 4 is 36.4 Å². The third-order valence-corrected chi connectivity index (χ3v) is 12.4. The largest absolute Gasteiger partial charge is 0.481 e. The number of carbonyl (C=O) groups is 2. The highest BCUT2D eigenvalue weighted by Crippen LogP contribution is 2.53. The number of nitrogens with one attached hydrogen (secondary N) is 1. The summed E-state index contributed by atoms with van der Waals surface area (Å²) in [6, 6.07) is 19.4. The summed E-state index contributed by atoms with van der Waals surface area (Å²) in [4.78, 5) is 30.0. The number of aliphatic carboxylic acids is 1. The Morgan fingerprint density at radius 1 is 0.967 bits per heavy atom. The monoisotopic (exact) mass is 844 g/mol. The highest BCUT2D eigenvalue weighted by atomic mass is 31.2. The molecule has 0 amide bonds. The number of aromatic nitrogens is 1. The predicted molar refractivity (Wildman–Crippen MR) is 230 cm³/mol. The topological polar surface area (TPSA) is 143 Å². The molecule has 1 aromatic heterocycles. The summed E-state index contributed by atoms with van der Waals surface area (Å²) in [5, 5.41) is 13.4. The molecule has 1 aliphatic heterocycles. The summed E-state index contributed by atoms with van der Waals surface area (Å²) < 4.78 is 60.0. The van der Waals surface area contributed by atoms with Gasteiger partial charge in [0.1, 0.15) is 23.4 Å². The highest BCUT2D eigenvalue weighted by Gasteiger charge is 2.57. The smallest absolute Gasteiger partial charge is 0.354 e. The van der Waals surface area contributed by atoms with Gasteiger partial charge in [-0.3, -0.25) is 19.1 Å². The van der Waals surface area contributed by atoms with Crippen molar-refractivity contribution in [1.29, 1.82) is 0 Å². The molecule has 13 heteroatoms. The van der Waals surface area contributed by atoms with Crippen LogP contribution in [0.5, 0.6) is 11.5 Å². The SMILES string of the molecule is CC(C)OC(=O)[C@H](C)NP(=O)(COc1ccc2nc(C3CC3)c(/C=C/[C@@H]3C[C@H](CC(=O)O)OC(C(C)(C)C)(C(C)(C)C)O3)c(-c3ccc(F)cc3)c2c1)Oc1ccccc1.